The third-order valence-corrected chi connectivity index (χ3v) is 2.19. The predicted molar refractivity (Wildman–Crippen MR) is 77.5 cm³/mol. The molecule has 0 heterocycles. The van der Waals surface area contributed by atoms with Gasteiger partial charge in [0.15, 0.2) is 0 Å². The second-order valence-corrected chi connectivity index (χ2v) is 3.52. The molecule has 0 N–H and O–H groups in total. The molecule has 2 aromatic carbocycles. The lowest BCUT2D eigenvalue weighted by Gasteiger charge is -2.04. The number of nitrogens with zero attached hydrogens (tertiary/aromatic N) is 1. The maximum absolute atomic E-state index is 11.4. The Morgan fingerprint density at radius 2 is 1.38 bits per heavy atom. The van der Waals surface area contributed by atoms with E-state index in [0.29, 0.717) is 5.75 Å². The van der Waals surface area contributed by atoms with Crippen molar-refractivity contribution >= 4 is 11.8 Å². The standard InChI is InChI=1S/C13H9NO5.C2H6/c15-13(18-11-4-2-1-3-5-11)19-12-8-6-10(7-9-12)14(16)17;1-2/h1-9H;1-2H3. The topological polar surface area (TPSA) is 78.7 Å². The summed E-state index contributed by atoms with van der Waals surface area (Å²) in [5.74, 6) is 0.529. The Bertz CT molecular complexity index is 581. The highest BCUT2D eigenvalue weighted by atomic mass is 16.7. The second kappa shape index (κ2) is 8.31. The van der Waals surface area contributed by atoms with Crippen molar-refractivity contribution in [3.63, 3.8) is 0 Å². The summed E-state index contributed by atoms with van der Waals surface area (Å²) in [6.07, 6.45) is -0.903. The molecule has 21 heavy (non-hydrogen) atoms. The summed E-state index contributed by atoms with van der Waals surface area (Å²) in [4.78, 5) is 21.3. The van der Waals surface area contributed by atoms with Gasteiger partial charge in [0.05, 0.1) is 4.92 Å². The van der Waals surface area contributed by atoms with Gasteiger partial charge in [-0.05, 0) is 24.3 Å². The highest BCUT2D eigenvalue weighted by Gasteiger charge is 2.09. The number of ether oxygens (including phenoxy) is 2. The van der Waals surface area contributed by atoms with Crippen molar-refractivity contribution in [1.82, 2.24) is 0 Å². The first-order valence-corrected chi connectivity index (χ1v) is 6.34. The summed E-state index contributed by atoms with van der Waals surface area (Å²) < 4.78 is 9.77. The van der Waals surface area contributed by atoms with Crippen LogP contribution in [0.1, 0.15) is 13.8 Å². The van der Waals surface area contributed by atoms with Crippen LogP contribution in [0, 0.1) is 10.1 Å². The Labute approximate surface area is 122 Å². The SMILES string of the molecule is CC.O=C(Oc1ccccc1)Oc1ccc([N+](=O)[O-])cc1. The van der Waals surface area contributed by atoms with E-state index in [2.05, 4.69) is 0 Å². The van der Waals surface area contributed by atoms with Crippen LogP contribution in [0.5, 0.6) is 11.5 Å². The lowest BCUT2D eigenvalue weighted by Crippen LogP contribution is -2.13. The number of para-hydroxylation sites is 1. The van der Waals surface area contributed by atoms with Gasteiger partial charge in [-0.25, -0.2) is 4.79 Å². The molecule has 0 atom stereocenters. The van der Waals surface area contributed by atoms with Gasteiger partial charge in [0.2, 0.25) is 0 Å². The van der Waals surface area contributed by atoms with Gasteiger partial charge in [-0.3, -0.25) is 10.1 Å². The van der Waals surface area contributed by atoms with E-state index in [1.54, 1.807) is 30.3 Å². The van der Waals surface area contributed by atoms with Gasteiger partial charge in [0, 0.05) is 12.1 Å². The van der Waals surface area contributed by atoms with E-state index in [0.717, 1.165) is 0 Å². The number of carbonyl (C=O) groups excluding carboxylic acids is 1. The van der Waals surface area contributed by atoms with Crippen LogP contribution in [-0.4, -0.2) is 11.1 Å². The van der Waals surface area contributed by atoms with E-state index < -0.39 is 11.1 Å². The molecule has 0 aliphatic rings. The van der Waals surface area contributed by atoms with Crippen molar-refractivity contribution in [2.75, 3.05) is 0 Å². The van der Waals surface area contributed by atoms with Crippen LogP contribution in [0.15, 0.2) is 54.6 Å². The zero-order valence-corrected chi connectivity index (χ0v) is 11.7. The molecule has 6 heteroatoms. The lowest BCUT2D eigenvalue weighted by molar-refractivity contribution is -0.384. The molecule has 0 aliphatic heterocycles. The highest BCUT2D eigenvalue weighted by molar-refractivity contribution is 5.67. The third-order valence-electron chi connectivity index (χ3n) is 2.19. The Hall–Kier alpha value is -2.89. The first kappa shape index (κ1) is 16.2. The second-order valence-electron chi connectivity index (χ2n) is 3.52. The lowest BCUT2D eigenvalue weighted by atomic mass is 10.3. The molecule has 0 fully saturated rings. The van der Waals surface area contributed by atoms with E-state index in [4.69, 9.17) is 9.47 Å². The van der Waals surface area contributed by atoms with Crippen LogP contribution in [0.2, 0.25) is 0 Å². The van der Waals surface area contributed by atoms with Crippen LogP contribution in [-0.2, 0) is 0 Å². The van der Waals surface area contributed by atoms with Crippen molar-refractivity contribution in [2.45, 2.75) is 13.8 Å². The number of benzene rings is 2. The molecule has 6 nitrogen and oxygen atoms in total. The molecule has 0 amide bonds. The fourth-order valence-electron chi connectivity index (χ4n) is 1.34. The number of non-ortho nitro benzene ring substituents is 1. The summed E-state index contributed by atoms with van der Waals surface area (Å²) in [6, 6.07) is 13.6. The molecule has 0 aliphatic carbocycles. The van der Waals surface area contributed by atoms with Crippen LogP contribution in [0.4, 0.5) is 10.5 Å². The summed E-state index contributed by atoms with van der Waals surface area (Å²) in [6.45, 7) is 4.00. The van der Waals surface area contributed by atoms with Gasteiger partial charge in [-0.2, -0.15) is 0 Å². The maximum Gasteiger partial charge on any atom is 0.519 e. The van der Waals surface area contributed by atoms with Gasteiger partial charge in [-0.1, -0.05) is 32.0 Å². The van der Waals surface area contributed by atoms with Crippen molar-refractivity contribution in [3.05, 3.63) is 64.7 Å². The van der Waals surface area contributed by atoms with Gasteiger partial charge in [0.25, 0.3) is 5.69 Å². The van der Waals surface area contributed by atoms with E-state index in [1.807, 2.05) is 13.8 Å². The fourth-order valence-corrected chi connectivity index (χ4v) is 1.34. The third kappa shape index (κ3) is 5.32. The summed E-state index contributed by atoms with van der Waals surface area (Å²) >= 11 is 0. The summed E-state index contributed by atoms with van der Waals surface area (Å²) in [5, 5.41) is 10.4. The molecule has 0 saturated carbocycles. The minimum Gasteiger partial charge on any atom is -0.395 e. The van der Waals surface area contributed by atoms with Gasteiger partial charge < -0.3 is 9.47 Å². The van der Waals surface area contributed by atoms with Gasteiger partial charge in [0.1, 0.15) is 11.5 Å². The Balaban J connectivity index is 0.00000106. The Morgan fingerprint density at radius 3 is 1.86 bits per heavy atom. The first-order chi connectivity index (χ1) is 10.1. The molecule has 2 rings (SSSR count). The maximum atomic E-state index is 11.4. The van der Waals surface area contributed by atoms with Crippen molar-refractivity contribution in [3.8, 4) is 11.5 Å². The first-order valence-electron chi connectivity index (χ1n) is 6.34. The number of nitro groups is 1. The van der Waals surface area contributed by atoms with Crippen LogP contribution in [0.25, 0.3) is 0 Å². The summed E-state index contributed by atoms with van der Waals surface area (Å²) in [7, 11) is 0. The smallest absolute Gasteiger partial charge is 0.395 e. The molecule has 0 unspecified atom stereocenters. The number of nitro benzene ring substituents is 1. The van der Waals surface area contributed by atoms with Crippen LogP contribution in [0.3, 0.4) is 0 Å². The van der Waals surface area contributed by atoms with Gasteiger partial charge >= 0.3 is 6.16 Å². The molecule has 110 valence electrons. The number of hydrogen-bond acceptors (Lipinski definition) is 5. The van der Waals surface area contributed by atoms with Crippen molar-refractivity contribution < 1.29 is 19.2 Å². The quantitative estimate of drug-likeness (QED) is 0.366. The Kier molecular flexibility index (Phi) is 6.40. The largest absolute Gasteiger partial charge is 0.519 e. The Morgan fingerprint density at radius 1 is 0.905 bits per heavy atom. The molecule has 0 saturated heterocycles. The molecule has 0 spiro atoms. The molecule has 0 aromatic heterocycles. The zero-order valence-electron chi connectivity index (χ0n) is 11.7. The molecular weight excluding hydrogens is 274 g/mol. The summed E-state index contributed by atoms with van der Waals surface area (Å²) in [5.41, 5.74) is -0.0798. The number of rotatable bonds is 3. The average molecular weight is 289 g/mol. The molecular formula is C15H15NO5. The number of hydrogen-bond donors (Lipinski definition) is 0. The van der Waals surface area contributed by atoms with Crippen LogP contribution >= 0.6 is 0 Å². The normalized spacial score (nSPS) is 9.05. The van der Waals surface area contributed by atoms with Crippen LogP contribution < -0.4 is 9.47 Å². The minimum absolute atomic E-state index is 0.0798. The fraction of sp³-hybridized carbons (Fsp3) is 0.133. The molecule has 2 aromatic rings. The highest BCUT2D eigenvalue weighted by Crippen LogP contribution is 2.18. The molecule has 0 bridgehead atoms. The number of carbonyl (C=O) groups is 1. The monoisotopic (exact) mass is 289 g/mol. The zero-order chi connectivity index (χ0) is 15.7. The predicted octanol–water partition coefficient (Wildman–Crippen LogP) is 4.20. The van der Waals surface area contributed by atoms with Crippen molar-refractivity contribution in [2.24, 2.45) is 0 Å². The average Bonchev–Trinajstić information content (AvgIpc) is 2.50. The van der Waals surface area contributed by atoms with Crippen molar-refractivity contribution in [1.29, 1.82) is 0 Å². The van der Waals surface area contributed by atoms with E-state index >= 15 is 0 Å². The van der Waals surface area contributed by atoms with E-state index in [1.165, 1.54) is 24.3 Å². The van der Waals surface area contributed by atoms with Gasteiger partial charge in [-0.15, -0.1) is 0 Å². The minimum atomic E-state index is -0.903. The van der Waals surface area contributed by atoms with E-state index in [9.17, 15) is 14.9 Å². The molecule has 0 radical (unpaired) electrons. The van der Waals surface area contributed by atoms with E-state index in [-0.39, 0.29) is 11.4 Å².